The van der Waals surface area contributed by atoms with Crippen LogP contribution in [0.1, 0.15) is 5.69 Å². The molecule has 0 aliphatic heterocycles. The zero-order chi connectivity index (χ0) is 6.69. The van der Waals surface area contributed by atoms with Crippen LogP contribution >= 0.6 is 11.3 Å². The van der Waals surface area contributed by atoms with Gasteiger partial charge in [-0.05, 0) is 0 Å². The first-order chi connectivity index (χ1) is 4.33. The monoisotopic (exact) mass is 205 g/mol. The first-order valence-corrected chi connectivity index (χ1v) is 4.61. The van der Waals surface area contributed by atoms with Crippen molar-refractivity contribution in [2.75, 3.05) is 7.11 Å². The molecule has 1 heterocycles. The van der Waals surface area contributed by atoms with E-state index in [-0.39, 0.29) is 0 Å². The van der Waals surface area contributed by atoms with Crippen molar-refractivity contribution in [2.24, 2.45) is 0 Å². The fraction of sp³-hybridized carbons (Fsp3) is 0.400. The molecule has 0 radical (unpaired) electrons. The molecule has 0 saturated carbocycles. The molecule has 0 saturated heterocycles. The minimum absolute atomic E-state index is 0.639. The molecule has 50 valence electrons. The fourth-order valence-corrected chi connectivity index (χ4v) is 1.86. The van der Waals surface area contributed by atoms with Crippen molar-refractivity contribution in [3.8, 4) is 0 Å². The van der Waals surface area contributed by atoms with Gasteiger partial charge in [0.15, 0.2) is 0 Å². The first kappa shape index (κ1) is 7.26. The quantitative estimate of drug-likeness (QED) is 0.610. The van der Waals surface area contributed by atoms with Gasteiger partial charge in [0.2, 0.25) is 0 Å². The third-order valence-corrected chi connectivity index (χ3v) is 2.71. The predicted octanol–water partition coefficient (Wildman–Crippen LogP) is -0.452. The van der Waals surface area contributed by atoms with Crippen LogP contribution in [0.25, 0.3) is 0 Å². The van der Waals surface area contributed by atoms with Crippen LogP contribution in [0.4, 0.5) is 0 Å². The second-order valence-corrected chi connectivity index (χ2v) is 4.53. The molecule has 1 rings (SSSR count). The SMILES string of the molecule is COCc1csc([AsH2])n1. The summed E-state index contributed by atoms with van der Waals surface area (Å²) >= 11 is 3.25. The average Bonchev–Trinajstić information content (AvgIpc) is 2.17. The van der Waals surface area contributed by atoms with E-state index in [4.69, 9.17) is 4.74 Å². The third kappa shape index (κ3) is 2.09. The van der Waals surface area contributed by atoms with Gasteiger partial charge in [-0.1, -0.05) is 0 Å². The van der Waals surface area contributed by atoms with Crippen molar-refractivity contribution in [3.05, 3.63) is 11.1 Å². The Morgan fingerprint density at radius 1 is 1.89 bits per heavy atom. The zero-order valence-corrected chi connectivity index (χ0v) is 8.36. The second kappa shape index (κ2) is 3.35. The van der Waals surface area contributed by atoms with E-state index in [9.17, 15) is 0 Å². The number of thiazole rings is 1. The van der Waals surface area contributed by atoms with Gasteiger partial charge in [-0.3, -0.25) is 0 Å². The van der Waals surface area contributed by atoms with Gasteiger partial charge >= 0.3 is 66.5 Å². The van der Waals surface area contributed by atoms with Crippen LogP contribution in [0, 0.1) is 0 Å². The van der Waals surface area contributed by atoms with Crippen LogP contribution in [0.3, 0.4) is 0 Å². The number of hydrogen-bond donors (Lipinski definition) is 0. The molecular formula is C5H8AsNOS. The molecule has 0 N–H and O–H groups in total. The van der Waals surface area contributed by atoms with Crippen LogP contribution in [0.2, 0.25) is 0 Å². The first-order valence-electron chi connectivity index (χ1n) is 2.51. The molecule has 9 heavy (non-hydrogen) atoms. The molecule has 0 bridgehead atoms. The molecule has 0 aromatic carbocycles. The van der Waals surface area contributed by atoms with Gasteiger partial charge in [-0.25, -0.2) is 0 Å². The van der Waals surface area contributed by atoms with Gasteiger partial charge in [0.1, 0.15) is 0 Å². The number of methoxy groups -OCH3 is 1. The number of rotatable bonds is 2. The van der Waals surface area contributed by atoms with Crippen molar-refractivity contribution in [1.82, 2.24) is 4.98 Å². The molecule has 0 amide bonds. The molecule has 0 aliphatic rings. The summed E-state index contributed by atoms with van der Waals surface area (Å²) in [5.74, 6) is 0. The van der Waals surface area contributed by atoms with E-state index >= 15 is 0 Å². The summed E-state index contributed by atoms with van der Waals surface area (Å²) in [6, 6.07) is 0. The van der Waals surface area contributed by atoms with Crippen LogP contribution in [0.5, 0.6) is 0 Å². The number of nitrogens with zero attached hydrogens (tertiary/aromatic N) is 1. The number of aromatic nitrogens is 1. The molecule has 0 spiro atoms. The Kier molecular flexibility index (Phi) is 2.70. The summed E-state index contributed by atoms with van der Waals surface area (Å²) < 4.78 is 6.05. The van der Waals surface area contributed by atoms with Crippen LogP contribution in [-0.4, -0.2) is 28.9 Å². The maximum absolute atomic E-state index is 4.89. The zero-order valence-electron chi connectivity index (χ0n) is 5.13. The van der Waals surface area contributed by atoms with Crippen molar-refractivity contribution >= 4 is 32.0 Å². The Hall–Kier alpha value is 0.148. The summed E-state index contributed by atoms with van der Waals surface area (Å²) in [6.45, 7) is 0.639. The summed E-state index contributed by atoms with van der Waals surface area (Å²) in [6.07, 6.45) is 0. The van der Waals surface area contributed by atoms with Crippen LogP contribution in [-0.2, 0) is 11.3 Å². The number of hydrogen-bond acceptors (Lipinski definition) is 3. The summed E-state index contributed by atoms with van der Waals surface area (Å²) in [7, 11) is 1.68. The Balaban J connectivity index is 2.61. The van der Waals surface area contributed by atoms with Gasteiger partial charge in [-0.15, -0.1) is 0 Å². The molecule has 2 nitrogen and oxygen atoms in total. The molecule has 0 fully saturated rings. The minimum atomic E-state index is 0.639. The molecule has 4 heteroatoms. The molecule has 1 atom stereocenters. The van der Waals surface area contributed by atoms with Gasteiger partial charge in [0.25, 0.3) is 0 Å². The van der Waals surface area contributed by atoms with E-state index in [0.717, 1.165) is 9.49 Å². The molecule has 0 aliphatic carbocycles. The molecule has 1 aromatic rings. The van der Waals surface area contributed by atoms with Crippen LogP contribution < -0.4 is 3.80 Å². The van der Waals surface area contributed by atoms with Crippen molar-refractivity contribution in [1.29, 1.82) is 0 Å². The predicted molar refractivity (Wildman–Crippen MR) is 41.0 cm³/mol. The van der Waals surface area contributed by atoms with E-state index in [1.54, 1.807) is 35.3 Å². The maximum atomic E-state index is 4.89. The standard InChI is InChI=1S/C5H8AsNOS/c1-8-2-4-3-9-5(6)7-4/h3H,2,6H2,1H3. The van der Waals surface area contributed by atoms with Gasteiger partial charge in [-0.2, -0.15) is 0 Å². The number of ether oxygens (including phenoxy) is 1. The van der Waals surface area contributed by atoms with Crippen molar-refractivity contribution < 1.29 is 4.74 Å². The summed E-state index contributed by atoms with van der Waals surface area (Å²) in [5.41, 5.74) is 1.04. The summed E-state index contributed by atoms with van der Waals surface area (Å²) in [5, 5.41) is 2.03. The van der Waals surface area contributed by atoms with Gasteiger partial charge in [0.05, 0.1) is 0 Å². The van der Waals surface area contributed by atoms with Gasteiger partial charge < -0.3 is 0 Å². The topological polar surface area (TPSA) is 22.1 Å². The third-order valence-electron chi connectivity index (χ3n) is 0.862. The van der Waals surface area contributed by atoms with Crippen molar-refractivity contribution in [2.45, 2.75) is 6.61 Å². The van der Waals surface area contributed by atoms with E-state index < -0.39 is 0 Å². The fourth-order valence-electron chi connectivity index (χ4n) is 0.537. The molecule has 1 aromatic heterocycles. The van der Waals surface area contributed by atoms with Gasteiger partial charge in [0, 0.05) is 0 Å². The second-order valence-electron chi connectivity index (χ2n) is 1.61. The van der Waals surface area contributed by atoms with Crippen molar-refractivity contribution in [3.63, 3.8) is 0 Å². The molecular weight excluding hydrogens is 197 g/mol. The Labute approximate surface area is 66.8 Å². The normalized spacial score (nSPS) is 10.0. The van der Waals surface area contributed by atoms with E-state index in [1.807, 2.05) is 5.38 Å². The van der Waals surface area contributed by atoms with E-state index in [2.05, 4.69) is 4.98 Å². The Bertz CT molecular complexity index is 189. The summed E-state index contributed by atoms with van der Waals surface area (Å²) in [4.78, 5) is 4.22. The molecule has 1 unspecified atom stereocenters. The van der Waals surface area contributed by atoms with Crippen LogP contribution in [0.15, 0.2) is 5.38 Å². The Morgan fingerprint density at radius 3 is 3.11 bits per heavy atom. The average molecular weight is 205 g/mol. The Morgan fingerprint density at radius 2 is 2.67 bits per heavy atom. The van der Waals surface area contributed by atoms with E-state index in [0.29, 0.717) is 6.61 Å². The van der Waals surface area contributed by atoms with E-state index in [1.165, 1.54) is 0 Å².